The summed E-state index contributed by atoms with van der Waals surface area (Å²) >= 11 is 1.61. The van der Waals surface area contributed by atoms with Crippen LogP contribution in [0.25, 0.3) is 5.69 Å². The summed E-state index contributed by atoms with van der Waals surface area (Å²) in [4.78, 5) is 27.0. The zero-order valence-corrected chi connectivity index (χ0v) is 17.9. The minimum absolute atomic E-state index is 0.148. The Kier molecular flexibility index (Phi) is 5.34. The number of carbonyl (C=O) groups excluding carboxylic acids is 1. The van der Waals surface area contributed by atoms with Crippen molar-refractivity contribution in [2.75, 3.05) is 13.4 Å². The summed E-state index contributed by atoms with van der Waals surface area (Å²) in [6.07, 6.45) is 2.13. The predicted molar refractivity (Wildman–Crippen MR) is 116 cm³/mol. The number of esters is 1. The lowest BCUT2D eigenvalue weighted by Crippen LogP contribution is -2.50. The molecular weight excluding hydrogens is 400 g/mol. The Labute approximate surface area is 178 Å². The van der Waals surface area contributed by atoms with Crippen molar-refractivity contribution in [3.63, 3.8) is 0 Å². The maximum absolute atomic E-state index is 13.1. The molecular formula is C23H24N2O4S. The maximum atomic E-state index is 13.1. The first kappa shape index (κ1) is 20.5. The quantitative estimate of drug-likeness (QED) is 0.497. The van der Waals surface area contributed by atoms with E-state index >= 15 is 0 Å². The summed E-state index contributed by atoms with van der Waals surface area (Å²) in [5.41, 5.74) is 1.10. The minimum Gasteiger partial charge on any atom is -0.469 e. The second kappa shape index (κ2) is 7.81. The highest BCUT2D eigenvalue weighted by atomic mass is 32.2. The molecule has 0 spiro atoms. The van der Waals surface area contributed by atoms with E-state index in [1.165, 1.54) is 7.11 Å². The number of aliphatic hydroxyl groups is 1. The van der Waals surface area contributed by atoms with Crippen LogP contribution in [0, 0.1) is 5.92 Å². The molecule has 1 aromatic heterocycles. The van der Waals surface area contributed by atoms with Crippen LogP contribution in [-0.4, -0.2) is 39.8 Å². The van der Waals surface area contributed by atoms with Gasteiger partial charge in [-0.15, -0.1) is 11.8 Å². The fourth-order valence-corrected chi connectivity index (χ4v) is 4.84. The van der Waals surface area contributed by atoms with Crippen LogP contribution in [0.2, 0.25) is 0 Å². The molecule has 0 saturated heterocycles. The van der Waals surface area contributed by atoms with E-state index in [0.29, 0.717) is 11.3 Å². The van der Waals surface area contributed by atoms with Gasteiger partial charge in [-0.3, -0.25) is 19.4 Å². The third kappa shape index (κ3) is 3.38. The highest BCUT2D eigenvalue weighted by Crippen LogP contribution is 2.45. The van der Waals surface area contributed by atoms with E-state index in [4.69, 9.17) is 4.74 Å². The van der Waals surface area contributed by atoms with E-state index in [2.05, 4.69) is 5.10 Å². The third-order valence-electron chi connectivity index (χ3n) is 5.82. The van der Waals surface area contributed by atoms with Crippen LogP contribution >= 0.6 is 11.8 Å². The summed E-state index contributed by atoms with van der Waals surface area (Å²) in [5, 5.41) is 14.3. The van der Waals surface area contributed by atoms with Gasteiger partial charge in [0, 0.05) is 22.8 Å². The fourth-order valence-electron chi connectivity index (χ4n) is 4.44. The topological polar surface area (TPSA) is 84.3 Å². The van der Waals surface area contributed by atoms with Crippen molar-refractivity contribution < 1.29 is 14.6 Å². The Hall–Kier alpha value is -2.77. The van der Waals surface area contributed by atoms with Gasteiger partial charge in [-0.1, -0.05) is 30.3 Å². The first-order chi connectivity index (χ1) is 14.4. The second-order valence-corrected chi connectivity index (χ2v) is 8.64. The van der Waals surface area contributed by atoms with Gasteiger partial charge in [-0.25, -0.2) is 0 Å². The van der Waals surface area contributed by atoms with Gasteiger partial charge in [0.25, 0.3) is 5.56 Å². The number of benzene rings is 2. The van der Waals surface area contributed by atoms with Crippen LogP contribution in [0.1, 0.15) is 29.7 Å². The standard InChI is InChI=1S/C23H24N2O4S/c1-23(28)13-17-19(21(26)24-25(17)15-7-5-4-6-8-15)18(20(23)22(27)29-2)14-9-11-16(30-3)12-10-14/h4-12,18,20,28H,13H2,1-3H3,(H,24,26)/t18-,20+,23+/m1/s1. The summed E-state index contributed by atoms with van der Waals surface area (Å²) in [6, 6.07) is 17.2. The van der Waals surface area contributed by atoms with E-state index in [0.717, 1.165) is 16.1 Å². The molecule has 4 rings (SSSR count). The van der Waals surface area contributed by atoms with E-state index in [1.54, 1.807) is 23.4 Å². The van der Waals surface area contributed by atoms with Gasteiger partial charge in [0.05, 0.1) is 30.0 Å². The maximum Gasteiger partial charge on any atom is 0.312 e. The smallest absolute Gasteiger partial charge is 0.312 e. The Morgan fingerprint density at radius 2 is 1.87 bits per heavy atom. The predicted octanol–water partition coefficient (Wildman–Crippen LogP) is 3.12. The first-order valence-corrected chi connectivity index (χ1v) is 10.9. The number of hydrogen-bond acceptors (Lipinski definition) is 5. The molecule has 0 fully saturated rings. The third-order valence-corrected chi connectivity index (χ3v) is 6.57. The zero-order valence-electron chi connectivity index (χ0n) is 17.1. The number of aromatic nitrogens is 2. The number of ether oxygens (including phenoxy) is 1. The number of H-pyrrole nitrogens is 1. The molecule has 0 unspecified atom stereocenters. The SMILES string of the molecule is COC(=O)[C@@H]1[C@H](c2ccc(SC)cc2)c2c(n(-c3ccccc3)[nH]c2=O)C[C@]1(C)O. The average Bonchev–Trinajstić information content (AvgIpc) is 3.07. The van der Waals surface area contributed by atoms with Crippen LogP contribution in [0.15, 0.2) is 64.3 Å². The molecule has 0 radical (unpaired) electrons. The Morgan fingerprint density at radius 3 is 2.47 bits per heavy atom. The van der Waals surface area contributed by atoms with Gasteiger partial charge in [0.2, 0.25) is 0 Å². The van der Waals surface area contributed by atoms with Crippen molar-refractivity contribution in [1.29, 1.82) is 0 Å². The lowest BCUT2D eigenvalue weighted by atomic mass is 9.66. The lowest BCUT2D eigenvalue weighted by molar-refractivity contribution is -0.156. The molecule has 0 saturated carbocycles. The molecule has 2 N–H and O–H groups in total. The number of thioether (sulfide) groups is 1. The summed E-state index contributed by atoms with van der Waals surface area (Å²) in [6.45, 7) is 1.63. The van der Waals surface area contributed by atoms with Crippen molar-refractivity contribution in [2.24, 2.45) is 5.92 Å². The molecule has 0 amide bonds. The molecule has 3 aromatic rings. The molecule has 1 heterocycles. The van der Waals surface area contributed by atoms with Crippen LogP contribution < -0.4 is 5.56 Å². The first-order valence-electron chi connectivity index (χ1n) is 9.70. The van der Waals surface area contributed by atoms with Gasteiger partial charge in [-0.2, -0.15) is 0 Å². The highest BCUT2D eigenvalue weighted by molar-refractivity contribution is 7.98. The van der Waals surface area contributed by atoms with Crippen molar-refractivity contribution in [3.05, 3.63) is 81.8 Å². The number of nitrogens with one attached hydrogen (secondary N) is 1. The van der Waals surface area contributed by atoms with Gasteiger partial charge in [0.15, 0.2) is 0 Å². The van der Waals surface area contributed by atoms with Gasteiger partial charge in [0.1, 0.15) is 0 Å². The van der Waals surface area contributed by atoms with E-state index < -0.39 is 23.4 Å². The summed E-state index contributed by atoms with van der Waals surface area (Å²) in [7, 11) is 1.31. The van der Waals surface area contributed by atoms with Crippen LogP contribution in [-0.2, 0) is 16.0 Å². The number of hydrogen-bond donors (Lipinski definition) is 2. The summed E-state index contributed by atoms with van der Waals surface area (Å²) < 4.78 is 6.76. The number of aromatic amines is 1. The number of rotatable bonds is 4. The van der Waals surface area contributed by atoms with Crippen molar-refractivity contribution in [3.8, 4) is 5.69 Å². The average molecular weight is 425 g/mol. The Balaban J connectivity index is 1.97. The largest absolute Gasteiger partial charge is 0.469 e. The van der Waals surface area contributed by atoms with Crippen molar-refractivity contribution >= 4 is 17.7 Å². The van der Waals surface area contributed by atoms with E-state index in [1.807, 2.05) is 60.9 Å². The van der Waals surface area contributed by atoms with Gasteiger partial charge >= 0.3 is 5.97 Å². The Bertz CT molecular complexity index is 1120. The molecule has 1 aliphatic rings. The summed E-state index contributed by atoms with van der Waals surface area (Å²) in [5.74, 6) is -2.06. The molecule has 0 bridgehead atoms. The van der Waals surface area contributed by atoms with Crippen molar-refractivity contribution in [1.82, 2.24) is 9.78 Å². The molecule has 30 heavy (non-hydrogen) atoms. The number of para-hydroxylation sites is 1. The van der Waals surface area contributed by atoms with E-state index in [9.17, 15) is 14.7 Å². The van der Waals surface area contributed by atoms with Crippen LogP contribution in [0.3, 0.4) is 0 Å². The van der Waals surface area contributed by atoms with Gasteiger partial charge in [-0.05, 0) is 43.0 Å². The molecule has 1 aliphatic carbocycles. The second-order valence-electron chi connectivity index (χ2n) is 7.76. The number of carbonyl (C=O) groups is 1. The minimum atomic E-state index is -1.39. The van der Waals surface area contributed by atoms with Crippen LogP contribution in [0.4, 0.5) is 0 Å². The molecule has 2 aromatic carbocycles. The van der Waals surface area contributed by atoms with Crippen molar-refractivity contribution in [2.45, 2.75) is 29.8 Å². The molecule has 3 atom stereocenters. The lowest BCUT2D eigenvalue weighted by Gasteiger charge is -2.40. The molecule has 6 nitrogen and oxygen atoms in total. The molecule has 0 aliphatic heterocycles. The fraction of sp³-hybridized carbons (Fsp3) is 0.304. The number of nitrogens with zero attached hydrogens (tertiary/aromatic N) is 1. The highest BCUT2D eigenvalue weighted by Gasteiger charge is 2.51. The van der Waals surface area contributed by atoms with Gasteiger partial charge < -0.3 is 9.84 Å². The number of fused-ring (bicyclic) bond motifs is 1. The Morgan fingerprint density at radius 1 is 1.20 bits per heavy atom. The van der Waals surface area contributed by atoms with E-state index in [-0.39, 0.29) is 12.0 Å². The zero-order chi connectivity index (χ0) is 21.5. The monoisotopic (exact) mass is 424 g/mol. The normalized spacial score (nSPS) is 23.1. The number of methoxy groups -OCH3 is 1. The molecule has 156 valence electrons. The molecule has 7 heteroatoms. The van der Waals surface area contributed by atoms with Crippen LogP contribution in [0.5, 0.6) is 0 Å².